The quantitative estimate of drug-likeness (QED) is 0.779. The van der Waals surface area contributed by atoms with Crippen LogP contribution in [0, 0.1) is 0 Å². The number of carbonyl (C=O) groups is 1. The molecule has 2 heterocycles. The first kappa shape index (κ1) is 10.6. The highest BCUT2D eigenvalue weighted by molar-refractivity contribution is 5.78. The van der Waals surface area contributed by atoms with Crippen molar-refractivity contribution in [3.63, 3.8) is 0 Å². The summed E-state index contributed by atoms with van der Waals surface area (Å²) >= 11 is 0. The average Bonchev–Trinajstić information content (AvgIpc) is 2.70. The number of fused-ring (bicyclic) bond motifs is 1. The Bertz CT molecular complexity index is 535. The van der Waals surface area contributed by atoms with Crippen LogP contribution in [-0.2, 0) is 11.2 Å². The molecule has 0 spiro atoms. The van der Waals surface area contributed by atoms with E-state index in [1.165, 1.54) is 0 Å². The summed E-state index contributed by atoms with van der Waals surface area (Å²) in [5.74, 6) is -0.288. The molecule has 84 valence electrons. The summed E-state index contributed by atoms with van der Waals surface area (Å²) < 4.78 is 1.76. The first-order chi connectivity index (χ1) is 7.65. The second-order valence-electron chi connectivity index (χ2n) is 3.44. The third kappa shape index (κ3) is 1.53. The summed E-state index contributed by atoms with van der Waals surface area (Å²) in [4.78, 5) is 10.8. The van der Waals surface area contributed by atoms with Crippen molar-refractivity contribution < 1.29 is 9.90 Å². The number of nitrogens with zero attached hydrogens (tertiary/aromatic N) is 3. The molecule has 0 saturated heterocycles. The molecule has 0 saturated carbocycles. The Balaban J connectivity index is 2.63. The molecule has 3 N–H and O–H groups in total. The number of rotatable bonds is 3. The highest BCUT2D eigenvalue weighted by atomic mass is 16.4. The van der Waals surface area contributed by atoms with Crippen molar-refractivity contribution in [3.8, 4) is 0 Å². The average molecular weight is 220 g/mol. The summed E-state index contributed by atoms with van der Waals surface area (Å²) in [6.07, 6.45) is 2.53. The standard InChI is InChI=1S/C10H12N4O2/c1-2-7-12-13-9-6(8(11)10(15)16)4-3-5-14(7)9/h3-5,8H,2,11H2,1H3,(H,15,16). The lowest BCUT2D eigenvalue weighted by Crippen LogP contribution is -2.21. The molecule has 2 rings (SSSR count). The van der Waals surface area contributed by atoms with Crippen molar-refractivity contribution in [1.82, 2.24) is 14.6 Å². The van der Waals surface area contributed by atoms with Crippen LogP contribution in [-0.4, -0.2) is 25.7 Å². The number of hydrogen-bond donors (Lipinski definition) is 2. The summed E-state index contributed by atoms with van der Waals surface area (Å²) in [6.45, 7) is 1.96. The number of aliphatic carboxylic acids is 1. The molecule has 0 fully saturated rings. The third-order valence-electron chi connectivity index (χ3n) is 2.45. The zero-order chi connectivity index (χ0) is 11.7. The van der Waals surface area contributed by atoms with E-state index in [0.29, 0.717) is 11.2 Å². The Morgan fingerprint density at radius 3 is 3.00 bits per heavy atom. The zero-order valence-electron chi connectivity index (χ0n) is 8.79. The molecule has 0 aliphatic carbocycles. The van der Waals surface area contributed by atoms with Gasteiger partial charge in [-0.1, -0.05) is 13.0 Å². The lowest BCUT2D eigenvalue weighted by atomic mass is 10.1. The van der Waals surface area contributed by atoms with Crippen LogP contribution in [0.4, 0.5) is 0 Å². The van der Waals surface area contributed by atoms with Crippen LogP contribution in [0.3, 0.4) is 0 Å². The Morgan fingerprint density at radius 2 is 2.38 bits per heavy atom. The van der Waals surface area contributed by atoms with Gasteiger partial charge in [0.1, 0.15) is 11.9 Å². The molecule has 16 heavy (non-hydrogen) atoms. The van der Waals surface area contributed by atoms with E-state index in [4.69, 9.17) is 10.8 Å². The summed E-state index contributed by atoms with van der Waals surface area (Å²) in [5, 5.41) is 16.8. The normalized spacial score (nSPS) is 12.9. The summed E-state index contributed by atoms with van der Waals surface area (Å²) in [5.41, 5.74) is 6.56. The van der Waals surface area contributed by atoms with Crippen LogP contribution < -0.4 is 5.73 Å². The fourth-order valence-corrected chi connectivity index (χ4v) is 1.60. The monoisotopic (exact) mass is 220 g/mol. The van der Waals surface area contributed by atoms with Crippen LogP contribution in [0.5, 0.6) is 0 Å². The molecule has 0 aliphatic heterocycles. The van der Waals surface area contributed by atoms with Crippen molar-refractivity contribution >= 4 is 11.6 Å². The molecule has 6 heteroatoms. The maximum atomic E-state index is 10.8. The molecule has 0 aliphatic rings. The maximum absolute atomic E-state index is 10.8. The van der Waals surface area contributed by atoms with Gasteiger partial charge in [0, 0.05) is 18.2 Å². The van der Waals surface area contributed by atoms with Gasteiger partial charge < -0.3 is 10.8 Å². The molecule has 2 aromatic heterocycles. The van der Waals surface area contributed by atoms with E-state index in [1.807, 2.05) is 6.92 Å². The molecule has 0 bridgehead atoms. The van der Waals surface area contributed by atoms with Gasteiger partial charge in [-0.25, -0.2) is 0 Å². The molecule has 1 atom stereocenters. The fourth-order valence-electron chi connectivity index (χ4n) is 1.60. The minimum absolute atomic E-state index is 0.474. The predicted octanol–water partition coefficient (Wildman–Crippen LogP) is 0.376. The third-order valence-corrected chi connectivity index (χ3v) is 2.45. The van der Waals surface area contributed by atoms with Gasteiger partial charge in [-0.15, -0.1) is 10.2 Å². The van der Waals surface area contributed by atoms with Gasteiger partial charge >= 0.3 is 5.97 Å². The maximum Gasteiger partial charge on any atom is 0.325 e. The Hall–Kier alpha value is -1.95. The van der Waals surface area contributed by atoms with Crippen LogP contribution in [0.2, 0.25) is 0 Å². The minimum atomic E-state index is -1.07. The Morgan fingerprint density at radius 1 is 1.62 bits per heavy atom. The molecule has 6 nitrogen and oxygen atoms in total. The molecular weight excluding hydrogens is 208 g/mol. The fraction of sp³-hybridized carbons (Fsp3) is 0.300. The number of carboxylic acids is 1. The van der Waals surface area contributed by atoms with E-state index in [2.05, 4.69) is 10.2 Å². The second-order valence-corrected chi connectivity index (χ2v) is 3.44. The van der Waals surface area contributed by atoms with E-state index in [0.717, 1.165) is 12.2 Å². The largest absolute Gasteiger partial charge is 0.480 e. The smallest absolute Gasteiger partial charge is 0.325 e. The van der Waals surface area contributed by atoms with Gasteiger partial charge in [-0.05, 0) is 6.07 Å². The summed E-state index contributed by atoms with van der Waals surface area (Å²) in [7, 11) is 0. The van der Waals surface area contributed by atoms with Gasteiger partial charge in [0.25, 0.3) is 0 Å². The number of hydrogen-bond acceptors (Lipinski definition) is 4. The Labute approximate surface area is 91.7 Å². The van der Waals surface area contributed by atoms with Crippen LogP contribution in [0.1, 0.15) is 24.4 Å². The molecule has 0 aromatic carbocycles. The molecule has 0 radical (unpaired) electrons. The van der Waals surface area contributed by atoms with Crippen LogP contribution in [0.25, 0.3) is 5.65 Å². The number of nitrogens with two attached hydrogens (primary N) is 1. The highest BCUT2D eigenvalue weighted by Crippen LogP contribution is 2.16. The molecule has 0 amide bonds. The Kier molecular flexibility index (Phi) is 2.57. The van der Waals surface area contributed by atoms with Gasteiger partial charge in [-0.3, -0.25) is 9.20 Å². The highest BCUT2D eigenvalue weighted by Gasteiger charge is 2.19. The van der Waals surface area contributed by atoms with Gasteiger partial charge in [0.2, 0.25) is 0 Å². The second kappa shape index (κ2) is 3.90. The minimum Gasteiger partial charge on any atom is -0.480 e. The number of aryl methyl sites for hydroxylation is 1. The van der Waals surface area contributed by atoms with E-state index in [-0.39, 0.29) is 0 Å². The van der Waals surface area contributed by atoms with E-state index < -0.39 is 12.0 Å². The summed E-state index contributed by atoms with van der Waals surface area (Å²) in [6, 6.07) is 2.33. The lowest BCUT2D eigenvalue weighted by Gasteiger charge is -2.07. The first-order valence-corrected chi connectivity index (χ1v) is 4.96. The number of pyridine rings is 1. The zero-order valence-corrected chi connectivity index (χ0v) is 8.79. The van der Waals surface area contributed by atoms with Crippen molar-refractivity contribution in [2.45, 2.75) is 19.4 Å². The lowest BCUT2D eigenvalue weighted by molar-refractivity contribution is -0.138. The number of carboxylic acid groups (broad SMARTS) is 1. The SMILES string of the molecule is CCc1nnc2c(C(N)C(=O)O)cccn12. The van der Waals surface area contributed by atoms with Gasteiger partial charge in [-0.2, -0.15) is 0 Å². The number of aromatic nitrogens is 3. The topological polar surface area (TPSA) is 93.5 Å². The molecule has 1 unspecified atom stereocenters. The van der Waals surface area contributed by atoms with Crippen molar-refractivity contribution in [3.05, 3.63) is 29.7 Å². The van der Waals surface area contributed by atoms with Crippen LogP contribution in [0.15, 0.2) is 18.3 Å². The van der Waals surface area contributed by atoms with Crippen molar-refractivity contribution in [1.29, 1.82) is 0 Å². The van der Waals surface area contributed by atoms with E-state index >= 15 is 0 Å². The first-order valence-electron chi connectivity index (χ1n) is 4.96. The molecular formula is C10H12N4O2. The van der Waals surface area contributed by atoms with Crippen molar-refractivity contribution in [2.75, 3.05) is 0 Å². The van der Waals surface area contributed by atoms with E-state index in [1.54, 1.807) is 22.7 Å². The van der Waals surface area contributed by atoms with Gasteiger partial charge in [0.05, 0.1) is 0 Å². The predicted molar refractivity (Wildman–Crippen MR) is 56.9 cm³/mol. The van der Waals surface area contributed by atoms with Gasteiger partial charge in [0.15, 0.2) is 5.65 Å². The van der Waals surface area contributed by atoms with Crippen LogP contribution >= 0.6 is 0 Å². The van der Waals surface area contributed by atoms with E-state index in [9.17, 15) is 4.79 Å². The molecule has 2 aromatic rings. The van der Waals surface area contributed by atoms with Crippen molar-refractivity contribution in [2.24, 2.45) is 5.73 Å².